The van der Waals surface area contributed by atoms with Crippen LogP contribution >= 0.6 is 178 Å². The van der Waals surface area contributed by atoms with Crippen molar-refractivity contribution in [3.05, 3.63) is 296 Å². The zero-order valence-electron chi connectivity index (χ0n) is 73.1. The van der Waals surface area contributed by atoms with Gasteiger partial charge in [-0.05, 0) is 217 Å². The maximum atomic E-state index is 12.1. The number of nitrogens with zero attached hydrogens (tertiary/aromatic N) is 18. The standard InChI is InChI=1S/C22H20ClN5OS.C17H16BrClN4OS.C14H13BrClN3OS.C12H8BrClN4S.C11H8BrClN2OS.C5H13NO2.C5H4N.3CH3.H4N2.Sn/c23-17-6-4-15(5-7-17)13-18-20(30-22(26-18)16-8-10-24-11-9-16)21-25-14-28(27-21)19-3-1-2-12-29-19;18-17-21-13(9-11-4-6-12(19)7-5-11)15(25-17)16-20-10-23(22-16)14-3-1-2-8-24-14;1-19(2)8-17-13(20)12-11(18-14(15)21-12)7-9-3-5-10(16)6-4-9;13-12-17-9(5-7-1-3-8(14)4-2-7)10(19-12)11-15-6-16-18-11;12-11-15-8(9(17-11)10(14)16)5-6-1-3-7(13)4-2-6;1-6(2)5(7-3)8-4;1-2-4-6-5-3-1;;;;1-2;/h4-11,14,19H,1-3,12-13H2;4-7,10,14H,1-3,8-9H2;3-6,8H,7H2,1-2H3;1-4,6H,5H2,(H,15,16,18);1-4H,5H2,(H2,14,16);5H,1-4H3;2-5H;3*1H3;1-2H2;. The van der Waals surface area contributed by atoms with Crippen molar-refractivity contribution >= 4 is 219 Å². The van der Waals surface area contributed by atoms with Crippen molar-refractivity contribution in [1.82, 2.24) is 89.4 Å². The molecule has 0 aliphatic carbocycles. The first kappa shape index (κ1) is 107. The number of carbonyl (C=O) groups excluding carboxylic acids is 2. The molecule has 10 aromatic heterocycles. The van der Waals surface area contributed by atoms with Crippen LogP contribution in [0.15, 0.2) is 210 Å². The molecule has 43 heteroatoms. The van der Waals surface area contributed by atoms with Crippen LogP contribution in [0.2, 0.25) is 39.9 Å². The Bertz CT molecular complexity index is 6050. The number of H-pyrrole nitrogens is 1. The Balaban J connectivity index is 0.000000164. The molecule has 12 heterocycles. The third-order valence-electron chi connectivity index (χ3n) is 18.9. The van der Waals surface area contributed by atoms with Crippen LogP contribution in [0.5, 0.6) is 0 Å². The van der Waals surface area contributed by atoms with E-state index < -0.39 is 24.3 Å². The predicted octanol–water partition coefficient (Wildman–Crippen LogP) is 22.1. The van der Waals surface area contributed by atoms with Crippen LogP contribution in [0.1, 0.15) is 127 Å². The number of hydrazine groups is 1. The molecule has 7 N–H and O–H groups in total. The molecule has 28 nitrogen and oxygen atoms in total. The van der Waals surface area contributed by atoms with Crippen LogP contribution in [0.4, 0.5) is 0 Å². The molecule has 0 radical (unpaired) electrons. The van der Waals surface area contributed by atoms with Gasteiger partial charge in [0.1, 0.15) is 33.7 Å². The van der Waals surface area contributed by atoms with E-state index in [1.807, 2.05) is 188 Å². The minimum atomic E-state index is -1.75. The van der Waals surface area contributed by atoms with E-state index in [1.165, 1.54) is 35.3 Å². The van der Waals surface area contributed by atoms with Gasteiger partial charge in [-0.25, -0.2) is 49.2 Å². The van der Waals surface area contributed by atoms with E-state index in [9.17, 15) is 9.59 Å². The fourth-order valence-corrected chi connectivity index (χ4v) is 23.1. The van der Waals surface area contributed by atoms with Gasteiger partial charge in [-0.1, -0.05) is 119 Å². The number of primary amides is 1. The van der Waals surface area contributed by atoms with Gasteiger partial charge in [0.05, 0.1) is 49.4 Å². The summed E-state index contributed by atoms with van der Waals surface area (Å²) in [6.07, 6.45) is 23.3. The number of rotatable bonds is 23. The fraction of sp³-hybridized carbons (Fsp3) is 0.281. The number of ether oxygens (including phenoxy) is 4. The molecule has 2 fully saturated rings. The Kier molecular flexibility index (Phi) is 43.9. The number of aromatic amines is 1. The van der Waals surface area contributed by atoms with Gasteiger partial charge in [0, 0.05) is 117 Å². The monoisotopic (exact) mass is 2340 g/mol. The van der Waals surface area contributed by atoms with E-state index in [-0.39, 0.29) is 24.8 Å². The van der Waals surface area contributed by atoms with Gasteiger partial charge in [0.15, 0.2) is 45.6 Å². The number of carbonyl (C=O) groups is 2. The number of hydrogen-bond acceptors (Lipinski definition) is 27. The van der Waals surface area contributed by atoms with E-state index in [4.69, 9.17) is 92.8 Å². The Labute approximate surface area is 848 Å². The summed E-state index contributed by atoms with van der Waals surface area (Å²) < 4.78 is 29.6. The topological polar surface area (TPSA) is 361 Å². The quantitative estimate of drug-likeness (QED) is 0.0115. The molecule has 2 amide bonds. The number of nitrogens with two attached hydrogens (primary N) is 3. The van der Waals surface area contributed by atoms with E-state index in [0.29, 0.717) is 70.7 Å². The number of methoxy groups -OCH3 is 2. The van der Waals surface area contributed by atoms with Gasteiger partial charge in [0.2, 0.25) is 6.41 Å². The number of hydrogen-bond donors (Lipinski definition) is 4. The molecular weight excluding hydrogens is 2250 g/mol. The SMILES string of the molecule is CN(C)C=NC(=O)c1sc(Br)nc1Cc1ccc(Cl)cc1.COC(OC)N(C)C.Clc1ccc(Cc2nc(-c3ccncc3)sc2-c2ncn(C3CCCCO3)n2)cc1.Clc1ccc(Cc2nc(Br)sc2-c2ncn(C3CCCCO3)n2)cc1.Clc1ccc(Cc2nc(Br)sc2-c2ncn[nH]2)cc1.NC(=O)c1sc(Br)nc1Cc1ccc(Cl)cc1.NN.[CH3][Sn]([CH3])([CH3])[c]1ccncc1. The van der Waals surface area contributed by atoms with Crippen molar-refractivity contribution in [3.8, 4) is 42.7 Å². The third kappa shape index (κ3) is 34.0. The third-order valence-corrected chi connectivity index (χ3v) is 33.4. The van der Waals surface area contributed by atoms with Crippen molar-refractivity contribution in [2.45, 2.75) is 104 Å². The van der Waals surface area contributed by atoms with Gasteiger partial charge in [-0.3, -0.25) is 36.3 Å². The first-order valence-corrected chi connectivity index (χ1v) is 59.8. The first-order chi connectivity index (χ1) is 63.5. The summed E-state index contributed by atoms with van der Waals surface area (Å²) in [4.78, 5) is 86.1. The summed E-state index contributed by atoms with van der Waals surface area (Å²) in [7, 11) is 10.6. The number of pyridine rings is 2. The van der Waals surface area contributed by atoms with Crippen molar-refractivity contribution in [3.63, 3.8) is 0 Å². The Morgan fingerprint density at radius 2 is 0.886 bits per heavy atom. The second-order valence-electron chi connectivity index (χ2n) is 30.2. The van der Waals surface area contributed by atoms with Crippen LogP contribution in [0, 0.1) is 0 Å². The van der Waals surface area contributed by atoms with E-state index in [1.54, 1.807) is 81.8 Å². The number of halogens is 9. The Hall–Kier alpha value is -7.53. The number of thiazole rings is 5. The van der Waals surface area contributed by atoms with E-state index >= 15 is 0 Å². The number of aliphatic imine (C=N–C) groups is 1. The molecule has 2 unspecified atom stereocenters. The first-order valence-electron chi connectivity index (χ1n) is 40.7. The van der Waals surface area contributed by atoms with Crippen molar-refractivity contribution < 1.29 is 28.5 Å². The van der Waals surface area contributed by atoms with Crippen LogP contribution in [0.3, 0.4) is 0 Å². The summed E-state index contributed by atoms with van der Waals surface area (Å²) in [6.45, 7) is 1.56. The maximum absolute atomic E-state index is 12.1. The summed E-state index contributed by atoms with van der Waals surface area (Å²) in [5, 5.41) is 20.6. The zero-order valence-corrected chi connectivity index (χ0v) is 90.1. The molecule has 694 valence electrons. The molecule has 2 atom stereocenters. The summed E-state index contributed by atoms with van der Waals surface area (Å²) in [6, 6.07) is 46.6. The van der Waals surface area contributed by atoms with Gasteiger partial charge < -0.3 is 29.6 Å². The minimum absolute atomic E-state index is 0.00826. The molecule has 5 aromatic carbocycles. The number of amides is 2. The predicted molar refractivity (Wildman–Crippen MR) is 549 cm³/mol. The van der Waals surface area contributed by atoms with Crippen LogP contribution in [-0.2, 0) is 51.1 Å². The molecule has 2 saturated heterocycles. The molecule has 17 rings (SSSR count). The van der Waals surface area contributed by atoms with Crippen molar-refractivity contribution in [2.24, 2.45) is 22.4 Å². The van der Waals surface area contributed by atoms with Crippen molar-refractivity contribution in [1.29, 1.82) is 0 Å². The molecule has 2 aliphatic heterocycles. The Morgan fingerprint density at radius 3 is 1.25 bits per heavy atom. The van der Waals surface area contributed by atoms with Gasteiger partial charge in [-0.15, -0.1) is 66.9 Å². The molecule has 0 spiro atoms. The molecule has 0 bridgehead atoms. The average Bonchev–Trinajstić information content (AvgIpc) is 1.65. The van der Waals surface area contributed by atoms with Crippen molar-refractivity contribution in [2.75, 3.05) is 55.6 Å². The van der Waals surface area contributed by atoms with Crippen LogP contribution < -0.4 is 21.0 Å². The molecule has 132 heavy (non-hydrogen) atoms. The average molecular weight is 2340 g/mol. The number of aromatic nitrogens is 16. The number of benzene rings is 5. The van der Waals surface area contributed by atoms with Crippen LogP contribution in [0.25, 0.3) is 42.7 Å². The van der Waals surface area contributed by atoms with Gasteiger partial charge >= 0.3 is 66.3 Å². The molecule has 0 saturated carbocycles. The number of nitrogens with one attached hydrogen (secondary N) is 1. The molecule has 2 aliphatic rings. The van der Waals surface area contributed by atoms with Crippen LogP contribution in [-0.4, -0.2) is 188 Å². The second-order valence-corrected chi connectivity index (χ2v) is 57.0. The normalized spacial score (nSPS) is 13.4. The molecular formula is C89H95Br4Cl5N22O6S5Sn. The zero-order chi connectivity index (χ0) is 94.8. The van der Waals surface area contributed by atoms with Gasteiger partial charge in [0.25, 0.3) is 11.8 Å². The van der Waals surface area contributed by atoms with Gasteiger partial charge in [-0.2, -0.15) is 10.1 Å². The fourth-order valence-electron chi connectivity index (χ4n) is 12.5. The van der Waals surface area contributed by atoms with E-state index in [2.05, 4.69) is 168 Å². The summed E-state index contributed by atoms with van der Waals surface area (Å²) in [5.74, 6) is 9.40. The second kappa shape index (κ2) is 54.4. The van der Waals surface area contributed by atoms with E-state index in [0.717, 1.165) is 163 Å². The Morgan fingerprint density at radius 1 is 0.515 bits per heavy atom. The summed E-state index contributed by atoms with van der Waals surface area (Å²) >= 11 is 48.6. The summed E-state index contributed by atoms with van der Waals surface area (Å²) in [5.41, 5.74) is 16.2. The molecule has 15 aromatic rings.